The van der Waals surface area contributed by atoms with E-state index in [4.69, 9.17) is 18.9 Å². The zero-order valence-corrected chi connectivity index (χ0v) is 21.0. The number of para-hydroxylation sites is 1. The molecule has 4 rings (SSSR count). The summed E-state index contributed by atoms with van der Waals surface area (Å²) in [5.74, 6) is 4.28. The fourth-order valence-corrected chi connectivity index (χ4v) is 4.33. The molecular weight excluding hydrogens is 462 g/mol. The molecule has 3 aromatic rings. The second-order valence-electron chi connectivity index (χ2n) is 8.41. The van der Waals surface area contributed by atoms with Gasteiger partial charge in [-0.1, -0.05) is 24.3 Å². The summed E-state index contributed by atoms with van der Waals surface area (Å²) in [6.45, 7) is 3.64. The molecule has 2 aromatic carbocycles. The zero-order valence-electron chi connectivity index (χ0n) is 21.0. The first kappa shape index (κ1) is 25.3. The van der Waals surface area contributed by atoms with Gasteiger partial charge in [0, 0.05) is 51.1 Å². The number of nitrogens with one attached hydrogen (secondary N) is 1. The van der Waals surface area contributed by atoms with Gasteiger partial charge in [0.05, 0.1) is 21.3 Å². The normalized spacial score (nSPS) is 13.4. The van der Waals surface area contributed by atoms with Crippen LogP contribution in [0.5, 0.6) is 23.0 Å². The lowest BCUT2D eigenvalue weighted by molar-refractivity contribution is -0.123. The van der Waals surface area contributed by atoms with Crippen LogP contribution in [0.4, 0.5) is 0 Å². The van der Waals surface area contributed by atoms with E-state index in [1.165, 1.54) is 0 Å². The van der Waals surface area contributed by atoms with E-state index in [1.807, 2.05) is 42.5 Å². The number of hydrogen-bond donors (Lipinski definition) is 1. The van der Waals surface area contributed by atoms with Crippen molar-refractivity contribution in [2.24, 2.45) is 0 Å². The molecule has 0 radical (unpaired) electrons. The largest absolute Gasteiger partial charge is 0.493 e. The van der Waals surface area contributed by atoms with Crippen molar-refractivity contribution >= 4 is 5.91 Å². The van der Waals surface area contributed by atoms with Gasteiger partial charge in [-0.2, -0.15) is 0 Å². The van der Waals surface area contributed by atoms with Crippen LogP contribution in [0.3, 0.4) is 0 Å². The number of rotatable bonds is 11. The Labute approximate surface area is 211 Å². The molecule has 0 saturated carbocycles. The standard InChI is InChI=1S/C26H33N5O5/c1-33-21-10-9-19(25(34-2)26(21)35-3)17-30-14-12-23-29-28-22(31(23)16-15-30)11-13-27-24(32)18-36-20-7-5-4-6-8-20/h4-10H,11-18H2,1-3H3,(H,27,32). The third-order valence-corrected chi connectivity index (χ3v) is 6.16. The smallest absolute Gasteiger partial charge is 0.257 e. The van der Waals surface area contributed by atoms with Crippen molar-refractivity contribution in [1.29, 1.82) is 0 Å². The Kier molecular flexibility index (Phi) is 8.62. The van der Waals surface area contributed by atoms with Crippen LogP contribution >= 0.6 is 0 Å². The SMILES string of the molecule is COc1ccc(CN2CCc3nnc(CCNC(=O)COc4ccccc4)n3CC2)c(OC)c1OC. The van der Waals surface area contributed by atoms with E-state index in [9.17, 15) is 4.79 Å². The molecule has 1 aliphatic heterocycles. The lowest BCUT2D eigenvalue weighted by atomic mass is 10.1. The van der Waals surface area contributed by atoms with E-state index in [0.717, 1.165) is 43.3 Å². The van der Waals surface area contributed by atoms with Gasteiger partial charge in [-0.05, 0) is 18.2 Å². The number of carbonyl (C=O) groups is 1. The molecule has 0 bridgehead atoms. The van der Waals surface area contributed by atoms with E-state index in [1.54, 1.807) is 21.3 Å². The van der Waals surface area contributed by atoms with Crippen molar-refractivity contribution in [1.82, 2.24) is 25.0 Å². The summed E-state index contributed by atoms with van der Waals surface area (Å²) in [5, 5.41) is 11.7. The maximum absolute atomic E-state index is 12.1. The lowest BCUT2D eigenvalue weighted by Gasteiger charge is -2.22. The molecule has 0 unspecified atom stereocenters. The molecule has 0 aliphatic carbocycles. The van der Waals surface area contributed by atoms with Crippen molar-refractivity contribution in [3.05, 3.63) is 59.7 Å². The minimum Gasteiger partial charge on any atom is -0.493 e. The topological polar surface area (TPSA) is 100.0 Å². The Morgan fingerprint density at radius 1 is 0.944 bits per heavy atom. The highest BCUT2D eigenvalue weighted by Crippen LogP contribution is 2.40. The highest BCUT2D eigenvalue weighted by molar-refractivity contribution is 5.77. The molecule has 0 spiro atoms. The van der Waals surface area contributed by atoms with Gasteiger partial charge in [0.25, 0.3) is 5.91 Å². The van der Waals surface area contributed by atoms with Crippen LogP contribution in [0.25, 0.3) is 0 Å². The number of benzene rings is 2. The minimum absolute atomic E-state index is 0.0173. The van der Waals surface area contributed by atoms with Crippen LogP contribution < -0.4 is 24.3 Å². The fourth-order valence-electron chi connectivity index (χ4n) is 4.33. The molecule has 1 aromatic heterocycles. The molecule has 10 heteroatoms. The molecule has 0 saturated heterocycles. The number of amides is 1. The molecule has 0 fully saturated rings. The molecular formula is C26H33N5O5. The Bertz CT molecular complexity index is 1150. The first-order valence-electron chi connectivity index (χ1n) is 12.0. The third-order valence-electron chi connectivity index (χ3n) is 6.16. The van der Waals surface area contributed by atoms with Crippen molar-refractivity contribution in [3.63, 3.8) is 0 Å². The first-order valence-corrected chi connectivity index (χ1v) is 12.0. The molecule has 36 heavy (non-hydrogen) atoms. The number of ether oxygens (including phenoxy) is 4. The Morgan fingerprint density at radius 2 is 1.75 bits per heavy atom. The molecule has 10 nitrogen and oxygen atoms in total. The molecule has 1 N–H and O–H groups in total. The monoisotopic (exact) mass is 495 g/mol. The first-order chi connectivity index (χ1) is 17.6. The van der Waals surface area contributed by atoms with Crippen LogP contribution in [0.15, 0.2) is 42.5 Å². The lowest BCUT2D eigenvalue weighted by Crippen LogP contribution is -2.31. The highest BCUT2D eigenvalue weighted by atomic mass is 16.5. The predicted molar refractivity (Wildman–Crippen MR) is 134 cm³/mol. The van der Waals surface area contributed by atoms with Crippen molar-refractivity contribution in [2.45, 2.75) is 25.9 Å². The number of carbonyl (C=O) groups excluding carboxylic acids is 1. The summed E-state index contributed by atoms with van der Waals surface area (Å²) in [5.41, 5.74) is 1.04. The van der Waals surface area contributed by atoms with Crippen LogP contribution in [0.2, 0.25) is 0 Å². The van der Waals surface area contributed by atoms with E-state index in [0.29, 0.717) is 42.5 Å². The number of nitrogens with zero attached hydrogens (tertiary/aromatic N) is 4. The summed E-state index contributed by atoms with van der Waals surface area (Å²) in [6.07, 6.45) is 1.40. The van der Waals surface area contributed by atoms with Crippen LogP contribution in [0, 0.1) is 0 Å². The summed E-state index contributed by atoms with van der Waals surface area (Å²) >= 11 is 0. The molecule has 1 aliphatic rings. The second-order valence-corrected chi connectivity index (χ2v) is 8.41. The number of aromatic nitrogens is 3. The summed E-state index contributed by atoms with van der Waals surface area (Å²) in [7, 11) is 4.87. The molecule has 0 atom stereocenters. The third kappa shape index (κ3) is 6.06. The molecule has 1 amide bonds. The van der Waals surface area contributed by atoms with E-state index in [-0.39, 0.29) is 12.5 Å². The maximum Gasteiger partial charge on any atom is 0.257 e. The van der Waals surface area contributed by atoms with Crippen molar-refractivity contribution < 1.29 is 23.7 Å². The van der Waals surface area contributed by atoms with Crippen LogP contribution in [-0.4, -0.2) is 73.1 Å². The quantitative estimate of drug-likeness (QED) is 0.432. The average Bonchev–Trinajstić information content (AvgIpc) is 3.18. The van der Waals surface area contributed by atoms with Gasteiger partial charge >= 0.3 is 0 Å². The van der Waals surface area contributed by atoms with Gasteiger partial charge in [0.1, 0.15) is 17.4 Å². The Morgan fingerprint density at radius 3 is 2.50 bits per heavy atom. The van der Waals surface area contributed by atoms with Gasteiger partial charge in [-0.15, -0.1) is 10.2 Å². The van der Waals surface area contributed by atoms with Gasteiger partial charge in [-0.3, -0.25) is 9.69 Å². The summed E-state index contributed by atoms with van der Waals surface area (Å²) in [4.78, 5) is 14.5. The number of hydrogen-bond acceptors (Lipinski definition) is 8. The highest BCUT2D eigenvalue weighted by Gasteiger charge is 2.22. The maximum atomic E-state index is 12.1. The van der Waals surface area contributed by atoms with Gasteiger partial charge in [0.2, 0.25) is 5.75 Å². The number of methoxy groups -OCH3 is 3. The van der Waals surface area contributed by atoms with Gasteiger partial charge < -0.3 is 28.8 Å². The second kappa shape index (κ2) is 12.3. The van der Waals surface area contributed by atoms with E-state index in [2.05, 4.69) is 25.0 Å². The zero-order chi connectivity index (χ0) is 25.3. The number of fused-ring (bicyclic) bond motifs is 1. The van der Waals surface area contributed by atoms with Gasteiger partial charge in [-0.25, -0.2) is 0 Å². The van der Waals surface area contributed by atoms with Gasteiger partial charge in [0.15, 0.2) is 18.1 Å². The summed E-state index contributed by atoms with van der Waals surface area (Å²) < 4.78 is 24.2. The Hall–Kier alpha value is -3.79. The van der Waals surface area contributed by atoms with E-state index < -0.39 is 0 Å². The average molecular weight is 496 g/mol. The fraction of sp³-hybridized carbons (Fsp3) is 0.423. The molecule has 2 heterocycles. The molecule has 192 valence electrons. The van der Waals surface area contributed by atoms with Crippen molar-refractivity contribution in [3.8, 4) is 23.0 Å². The van der Waals surface area contributed by atoms with Crippen LogP contribution in [-0.2, 0) is 30.7 Å². The van der Waals surface area contributed by atoms with Crippen molar-refractivity contribution in [2.75, 3.05) is 47.6 Å². The Balaban J connectivity index is 1.30. The minimum atomic E-state index is -0.162. The van der Waals surface area contributed by atoms with E-state index >= 15 is 0 Å². The van der Waals surface area contributed by atoms with Crippen LogP contribution in [0.1, 0.15) is 17.2 Å². The predicted octanol–water partition coefficient (Wildman–Crippen LogP) is 2.10. The summed E-state index contributed by atoms with van der Waals surface area (Å²) in [6, 6.07) is 13.2.